The number of aryl methyl sites for hydroxylation is 5. The number of nitrogens with zero attached hydrogens (tertiary/aromatic N) is 8. The first-order valence-electron chi connectivity index (χ1n) is 23.8. The van der Waals surface area contributed by atoms with E-state index in [2.05, 4.69) is 92.7 Å². The van der Waals surface area contributed by atoms with Gasteiger partial charge in [0.1, 0.15) is 45.5 Å². The first kappa shape index (κ1) is 48.9. The lowest BCUT2D eigenvalue weighted by Gasteiger charge is -2.23. The van der Waals surface area contributed by atoms with Crippen molar-refractivity contribution < 1.29 is 24.2 Å². The number of rotatable bonds is 17. The number of aromatic nitrogens is 6. The number of carboxylic acid groups (broad SMARTS) is 1. The quantitative estimate of drug-likeness (QED) is 0.0660. The number of aliphatic imine (C=N–C) groups is 1. The monoisotopic (exact) mass is 999 g/mol. The van der Waals surface area contributed by atoms with Crippen LogP contribution in [0.5, 0.6) is 11.5 Å². The van der Waals surface area contributed by atoms with E-state index in [1.54, 1.807) is 35.1 Å². The van der Waals surface area contributed by atoms with E-state index in [0.717, 1.165) is 104 Å². The summed E-state index contributed by atoms with van der Waals surface area (Å²) in [5.41, 5.74) is 10.6. The largest absolute Gasteiger partial charge is 0.494 e. The molecule has 5 heterocycles. The molecule has 0 fully saturated rings. The minimum absolute atomic E-state index is 0.0434. The molecule has 3 aromatic heterocycles. The number of hydrogen-bond acceptors (Lipinski definition) is 12. The molecule has 7 aromatic rings. The van der Waals surface area contributed by atoms with Crippen LogP contribution in [0.1, 0.15) is 118 Å². The lowest BCUT2D eigenvalue weighted by atomic mass is 9.86. The molecular weight excluding hydrogens is 942 g/mol. The Labute approximate surface area is 421 Å². The van der Waals surface area contributed by atoms with E-state index in [4.69, 9.17) is 26.1 Å². The van der Waals surface area contributed by atoms with Gasteiger partial charge in [0, 0.05) is 53.6 Å². The van der Waals surface area contributed by atoms with Gasteiger partial charge in [-0.15, -0.1) is 26.6 Å². The molecule has 364 valence electrons. The van der Waals surface area contributed by atoms with Crippen LogP contribution < -0.4 is 14.8 Å². The SMILES string of the molecule is COc1cc(C(CC(=O)O)c2ccc(C)c(CN3C[C@@H](C)Oc4cc(CCCCCCNC(=O)C[C@@H]5N=C(c6ccc(Cl)cc6)c6c(sc(C)c6C)-n6c(C)nnc65)ccc4S3)c2)cc2nnn(C)c12. The van der Waals surface area contributed by atoms with E-state index in [1.165, 1.54) is 10.4 Å². The Morgan fingerprint density at radius 3 is 2.54 bits per heavy atom. The second-order valence-electron chi connectivity index (χ2n) is 18.4. The lowest BCUT2D eigenvalue weighted by Crippen LogP contribution is -2.27. The van der Waals surface area contributed by atoms with Gasteiger partial charge in [0.15, 0.2) is 5.82 Å². The highest BCUT2D eigenvalue weighted by atomic mass is 35.5. The van der Waals surface area contributed by atoms with Crippen LogP contribution in [0.4, 0.5) is 0 Å². The van der Waals surface area contributed by atoms with E-state index >= 15 is 0 Å². The zero-order chi connectivity index (χ0) is 49.2. The van der Waals surface area contributed by atoms with Crippen molar-refractivity contribution in [2.24, 2.45) is 12.0 Å². The topological polar surface area (TPSA) is 162 Å². The third-order valence-electron chi connectivity index (χ3n) is 13.3. The number of thiophene rings is 1. The molecule has 0 bridgehead atoms. The third kappa shape index (κ3) is 10.5. The Morgan fingerprint density at radius 2 is 1.76 bits per heavy atom. The molecule has 0 radical (unpaired) electrons. The minimum atomic E-state index is -0.884. The van der Waals surface area contributed by atoms with Crippen molar-refractivity contribution >= 4 is 63.5 Å². The molecule has 0 aliphatic carbocycles. The third-order valence-corrected chi connectivity index (χ3v) is 15.8. The summed E-state index contributed by atoms with van der Waals surface area (Å²) < 4.78 is 18.3. The van der Waals surface area contributed by atoms with Gasteiger partial charge in [0.25, 0.3) is 0 Å². The number of hydrogen-bond donors (Lipinski definition) is 2. The molecule has 1 amide bonds. The highest BCUT2D eigenvalue weighted by molar-refractivity contribution is 7.97. The molecular formula is C53H58ClN9O5S2. The minimum Gasteiger partial charge on any atom is -0.494 e. The molecule has 2 aliphatic heterocycles. The standard InChI is InChI=1S/C53H58ClN9O5S2/c1-30-13-15-37(41(26-48(65)66)38-24-42-51(45(25-38)67-7)61(6)60-58-42)23-39(30)29-62-28-31(2)68-44-22-35(14-20-46(44)70-62)12-10-8-9-11-21-55-47(64)27-43-52-59-57-34(5)63(52)53-49(32(3)33(4)69-53)50(56-43)36-16-18-40(54)19-17-36/h13-20,22-25,31,41,43H,8-12,21,26-29H2,1-7H3,(H,55,64)(H,65,66)/t31-,41?,43+/m1/s1. The van der Waals surface area contributed by atoms with Crippen LogP contribution in [0.15, 0.2) is 82.7 Å². The summed E-state index contributed by atoms with van der Waals surface area (Å²) >= 11 is 9.67. The van der Waals surface area contributed by atoms with Crippen molar-refractivity contribution in [1.29, 1.82) is 0 Å². The fraction of sp³-hybridized carbons (Fsp3) is 0.377. The Balaban J connectivity index is 0.783. The molecule has 4 aromatic carbocycles. The van der Waals surface area contributed by atoms with Crippen LogP contribution >= 0.6 is 34.9 Å². The molecule has 0 saturated heterocycles. The maximum Gasteiger partial charge on any atom is 0.304 e. The summed E-state index contributed by atoms with van der Waals surface area (Å²) in [6.07, 6.45) is 4.93. The van der Waals surface area contributed by atoms with E-state index in [9.17, 15) is 14.7 Å². The van der Waals surface area contributed by atoms with Gasteiger partial charge in [-0.1, -0.05) is 66.1 Å². The van der Waals surface area contributed by atoms with Crippen LogP contribution in [0.25, 0.3) is 16.0 Å². The van der Waals surface area contributed by atoms with Gasteiger partial charge in [0.2, 0.25) is 5.91 Å². The number of carbonyl (C=O) groups excluding carboxylic acids is 1. The number of methoxy groups -OCH3 is 1. The molecule has 1 unspecified atom stereocenters. The second-order valence-corrected chi connectivity index (χ2v) is 21.2. The summed E-state index contributed by atoms with van der Waals surface area (Å²) in [7, 11) is 3.41. The zero-order valence-corrected chi connectivity index (χ0v) is 43.0. The molecule has 2 aliphatic rings. The first-order valence-corrected chi connectivity index (χ1v) is 25.8. The van der Waals surface area contributed by atoms with Gasteiger partial charge in [-0.05, 0) is 136 Å². The highest BCUT2D eigenvalue weighted by Gasteiger charge is 2.33. The lowest BCUT2D eigenvalue weighted by molar-refractivity contribution is -0.137. The van der Waals surface area contributed by atoms with Gasteiger partial charge < -0.3 is 19.9 Å². The van der Waals surface area contributed by atoms with Crippen molar-refractivity contribution in [3.05, 3.63) is 139 Å². The number of carbonyl (C=O) groups is 2. The van der Waals surface area contributed by atoms with Gasteiger partial charge in [-0.2, -0.15) is 0 Å². The number of carboxylic acids is 1. The summed E-state index contributed by atoms with van der Waals surface area (Å²) in [5.74, 6) is 1.58. The molecule has 14 nitrogen and oxygen atoms in total. The Kier molecular flexibility index (Phi) is 14.8. The van der Waals surface area contributed by atoms with E-state index in [1.807, 2.05) is 56.4 Å². The number of benzene rings is 4. The maximum absolute atomic E-state index is 13.5. The maximum atomic E-state index is 13.5. The fourth-order valence-electron chi connectivity index (χ4n) is 9.51. The van der Waals surface area contributed by atoms with Crippen LogP contribution in [0.3, 0.4) is 0 Å². The van der Waals surface area contributed by atoms with Crippen molar-refractivity contribution in [3.8, 4) is 16.5 Å². The Hall–Kier alpha value is -6.07. The van der Waals surface area contributed by atoms with E-state index < -0.39 is 17.9 Å². The number of ether oxygens (including phenoxy) is 2. The van der Waals surface area contributed by atoms with Crippen molar-refractivity contribution in [1.82, 2.24) is 39.4 Å². The van der Waals surface area contributed by atoms with Crippen molar-refractivity contribution in [2.45, 2.75) is 109 Å². The number of amides is 1. The molecule has 3 atom stereocenters. The summed E-state index contributed by atoms with van der Waals surface area (Å²) in [6, 6.07) is 23.8. The van der Waals surface area contributed by atoms with Gasteiger partial charge in [0.05, 0.1) is 30.6 Å². The number of halogens is 1. The summed E-state index contributed by atoms with van der Waals surface area (Å²) in [5, 5.41) is 32.3. The average molecular weight is 1000 g/mol. The Morgan fingerprint density at radius 1 is 0.957 bits per heavy atom. The van der Waals surface area contributed by atoms with Crippen LogP contribution in [-0.4, -0.2) is 83.1 Å². The molecule has 17 heteroatoms. The second kappa shape index (κ2) is 21.1. The van der Waals surface area contributed by atoms with Crippen LogP contribution in [-0.2, 0) is 29.6 Å². The average Bonchev–Trinajstić information content (AvgIpc) is 3.93. The van der Waals surface area contributed by atoms with E-state index in [-0.39, 0.29) is 24.9 Å². The summed E-state index contributed by atoms with van der Waals surface area (Å²) in [4.78, 5) is 33.3. The number of nitrogens with one attached hydrogen (secondary N) is 1. The van der Waals surface area contributed by atoms with Crippen molar-refractivity contribution in [2.75, 3.05) is 20.2 Å². The van der Waals surface area contributed by atoms with Crippen LogP contribution in [0, 0.1) is 27.7 Å². The van der Waals surface area contributed by atoms with Gasteiger partial charge >= 0.3 is 5.97 Å². The smallest absolute Gasteiger partial charge is 0.304 e. The van der Waals surface area contributed by atoms with E-state index in [0.29, 0.717) is 41.7 Å². The molecule has 2 N–H and O–H groups in total. The van der Waals surface area contributed by atoms with Crippen molar-refractivity contribution in [3.63, 3.8) is 0 Å². The molecule has 0 saturated carbocycles. The molecule has 9 rings (SSSR count). The fourth-order valence-corrected chi connectivity index (χ4v) is 11.9. The zero-order valence-electron chi connectivity index (χ0n) is 40.6. The van der Waals surface area contributed by atoms with Crippen LogP contribution in [0.2, 0.25) is 5.02 Å². The summed E-state index contributed by atoms with van der Waals surface area (Å²) in [6.45, 7) is 12.3. The highest BCUT2D eigenvalue weighted by Crippen LogP contribution is 2.41. The normalized spacial score (nSPS) is 16.1. The number of fused-ring (bicyclic) bond motifs is 5. The predicted molar refractivity (Wildman–Crippen MR) is 276 cm³/mol. The number of aliphatic carboxylic acids is 1. The first-order chi connectivity index (χ1) is 33.7. The predicted octanol–water partition coefficient (Wildman–Crippen LogP) is 10.6. The van der Waals surface area contributed by atoms with Gasteiger partial charge in [-0.3, -0.25) is 19.1 Å². The van der Waals surface area contributed by atoms with Gasteiger partial charge in [-0.25, -0.2) is 8.99 Å². The number of unbranched alkanes of at least 4 members (excludes halogenated alkanes) is 3. The Bertz CT molecular complexity index is 3110. The molecule has 70 heavy (non-hydrogen) atoms. The molecule has 0 spiro atoms.